The highest BCUT2D eigenvalue weighted by Crippen LogP contribution is 2.28. The molecule has 0 bridgehead atoms. The lowest BCUT2D eigenvalue weighted by Crippen LogP contribution is -2.41. The van der Waals surface area contributed by atoms with Gasteiger partial charge in [0.1, 0.15) is 11.8 Å². The van der Waals surface area contributed by atoms with Crippen LogP contribution < -0.4 is 9.46 Å². The minimum absolute atomic E-state index is 0.0541. The summed E-state index contributed by atoms with van der Waals surface area (Å²) >= 11 is 0. The first-order chi connectivity index (χ1) is 10.6. The molecule has 0 aromatic heterocycles. The zero-order valence-corrected chi connectivity index (χ0v) is 13.7. The molecule has 2 N–H and O–H groups in total. The number of carboxylic acid groups (broad SMARTS) is 1. The highest BCUT2D eigenvalue weighted by Gasteiger charge is 2.31. The second-order valence-electron chi connectivity index (χ2n) is 5.23. The van der Waals surface area contributed by atoms with E-state index < -0.39 is 37.5 Å². The number of nitro groups is 1. The van der Waals surface area contributed by atoms with Crippen molar-refractivity contribution in [3.63, 3.8) is 0 Å². The topological polar surface area (TPSA) is 136 Å². The fraction of sp³-hybridized carbons (Fsp3) is 0.462. The number of methoxy groups -OCH3 is 1. The third-order valence-corrected chi connectivity index (χ3v) is 4.47. The van der Waals surface area contributed by atoms with Crippen LogP contribution in [0.15, 0.2) is 23.1 Å². The minimum atomic E-state index is -4.38. The van der Waals surface area contributed by atoms with Crippen molar-refractivity contribution >= 4 is 21.7 Å². The molecule has 0 fully saturated rings. The number of carboxylic acids is 1. The number of sulfonamides is 1. The van der Waals surface area contributed by atoms with E-state index in [1.165, 1.54) is 13.2 Å². The number of hydrogen-bond acceptors (Lipinski definition) is 6. The zero-order valence-electron chi connectivity index (χ0n) is 12.8. The first-order valence-corrected chi connectivity index (χ1v) is 8.14. The average molecular weight is 346 g/mol. The van der Waals surface area contributed by atoms with Gasteiger partial charge < -0.3 is 9.84 Å². The van der Waals surface area contributed by atoms with Crippen molar-refractivity contribution in [2.24, 2.45) is 5.92 Å². The number of aliphatic carboxylic acids is 1. The largest absolute Gasteiger partial charge is 0.497 e. The van der Waals surface area contributed by atoms with Crippen LogP contribution in [0.4, 0.5) is 5.69 Å². The van der Waals surface area contributed by atoms with Crippen LogP contribution in [0.25, 0.3) is 0 Å². The van der Waals surface area contributed by atoms with Crippen LogP contribution in [-0.2, 0) is 14.8 Å². The van der Waals surface area contributed by atoms with Crippen LogP contribution in [0.5, 0.6) is 5.75 Å². The third-order valence-electron chi connectivity index (χ3n) is 2.95. The lowest BCUT2D eigenvalue weighted by Gasteiger charge is -2.16. The van der Waals surface area contributed by atoms with Gasteiger partial charge in [-0.1, -0.05) is 13.8 Å². The fourth-order valence-corrected chi connectivity index (χ4v) is 3.27. The van der Waals surface area contributed by atoms with Crippen LogP contribution in [0.1, 0.15) is 20.3 Å². The maximum absolute atomic E-state index is 12.3. The summed E-state index contributed by atoms with van der Waals surface area (Å²) in [6.45, 7) is 3.47. The molecule has 0 saturated carbocycles. The first kappa shape index (κ1) is 18.8. The highest BCUT2D eigenvalue weighted by molar-refractivity contribution is 7.89. The normalized spacial score (nSPS) is 12.9. The molecule has 1 rings (SSSR count). The van der Waals surface area contributed by atoms with Gasteiger partial charge in [-0.3, -0.25) is 14.9 Å². The van der Waals surface area contributed by atoms with E-state index in [-0.39, 0.29) is 18.1 Å². The Kier molecular flexibility index (Phi) is 6.05. The van der Waals surface area contributed by atoms with Crippen molar-refractivity contribution in [2.45, 2.75) is 31.2 Å². The molecule has 0 aliphatic rings. The molecule has 0 radical (unpaired) electrons. The number of hydrogen-bond donors (Lipinski definition) is 2. The lowest BCUT2D eigenvalue weighted by atomic mass is 10.1. The zero-order chi connectivity index (χ0) is 17.8. The second kappa shape index (κ2) is 7.38. The first-order valence-electron chi connectivity index (χ1n) is 6.66. The fourth-order valence-electron chi connectivity index (χ4n) is 1.92. The Balaban J connectivity index is 3.27. The number of nitrogens with one attached hydrogen (secondary N) is 1. The maximum atomic E-state index is 12.3. The minimum Gasteiger partial charge on any atom is -0.497 e. The van der Waals surface area contributed by atoms with Crippen molar-refractivity contribution in [3.8, 4) is 5.75 Å². The van der Waals surface area contributed by atoms with Gasteiger partial charge in [-0.05, 0) is 24.5 Å². The van der Waals surface area contributed by atoms with Gasteiger partial charge in [0, 0.05) is 0 Å². The molecule has 1 aromatic rings. The molecule has 0 amide bonds. The van der Waals surface area contributed by atoms with Crippen molar-refractivity contribution < 1.29 is 28.0 Å². The van der Waals surface area contributed by atoms with Crippen molar-refractivity contribution in [2.75, 3.05) is 7.11 Å². The van der Waals surface area contributed by atoms with Crippen LogP contribution in [0.2, 0.25) is 0 Å². The molecule has 0 aliphatic carbocycles. The predicted octanol–water partition coefficient (Wildman–Crippen LogP) is 1.38. The van der Waals surface area contributed by atoms with Crippen LogP contribution in [-0.4, -0.2) is 37.6 Å². The standard InChI is InChI=1S/C13H18N2O7S/c1-8(2)6-10(13(16)17)14-23(20,21)12-5-4-9(22-3)7-11(12)15(18)19/h4-5,7-8,10,14H,6H2,1-3H3,(H,16,17). The van der Waals surface area contributed by atoms with Gasteiger partial charge in [0.2, 0.25) is 10.0 Å². The monoisotopic (exact) mass is 346 g/mol. The van der Waals surface area contributed by atoms with E-state index >= 15 is 0 Å². The molecule has 9 nitrogen and oxygen atoms in total. The maximum Gasteiger partial charge on any atom is 0.321 e. The molecule has 0 spiro atoms. The van der Waals surface area contributed by atoms with Gasteiger partial charge in [-0.15, -0.1) is 0 Å². The Hall–Kier alpha value is -2.20. The highest BCUT2D eigenvalue weighted by atomic mass is 32.2. The van der Waals surface area contributed by atoms with Gasteiger partial charge in [-0.2, -0.15) is 4.72 Å². The predicted molar refractivity (Wildman–Crippen MR) is 80.8 cm³/mol. The molecule has 10 heteroatoms. The number of rotatable bonds is 8. The van der Waals surface area contributed by atoms with E-state index in [0.29, 0.717) is 0 Å². The summed E-state index contributed by atoms with van der Waals surface area (Å²) < 4.78 is 31.5. The Morgan fingerprint density at radius 2 is 2.04 bits per heavy atom. The number of carbonyl (C=O) groups is 1. The summed E-state index contributed by atoms with van der Waals surface area (Å²) in [6.07, 6.45) is 0.0541. The van der Waals surface area contributed by atoms with Crippen LogP contribution >= 0.6 is 0 Å². The van der Waals surface area contributed by atoms with Gasteiger partial charge in [0.25, 0.3) is 5.69 Å². The summed E-state index contributed by atoms with van der Waals surface area (Å²) in [5.74, 6) is -1.31. The molecule has 128 valence electrons. The van der Waals surface area contributed by atoms with Gasteiger partial charge in [0.05, 0.1) is 18.1 Å². The molecule has 0 aliphatic heterocycles. The second-order valence-corrected chi connectivity index (χ2v) is 6.91. The van der Waals surface area contributed by atoms with E-state index in [1.807, 2.05) is 4.72 Å². The quantitative estimate of drug-likeness (QED) is 0.536. The van der Waals surface area contributed by atoms with E-state index in [9.17, 15) is 23.3 Å². The summed E-state index contributed by atoms with van der Waals surface area (Å²) in [7, 11) is -3.09. The number of nitrogens with zero attached hydrogens (tertiary/aromatic N) is 1. The average Bonchev–Trinajstić information content (AvgIpc) is 2.44. The van der Waals surface area contributed by atoms with E-state index in [0.717, 1.165) is 12.1 Å². The Morgan fingerprint density at radius 3 is 2.48 bits per heavy atom. The third kappa shape index (κ3) is 4.89. The van der Waals surface area contributed by atoms with Crippen molar-refractivity contribution in [1.29, 1.82) is 0 Å². The molecule has 0 saturated heterocycles. The molecule has 0 heterocycles. The summed E-state index contributed by atoms with van der Waals surface area (Å²) in [4.78, 5) is 20.8. The summed E-state index contributed by atoms with van der Waals surface area (Å²) in [6, 6.07) is 1.85. The van der Waals surface area contributed by atoms with Gasteiger partial charge in [-0.25, -0.2) is 8.42 Å². The van der Waals surface area contributed by atoms with E-state index in [1.54, 1.807) is 13.8 Å². The Morgan fingerprint density at radius 1 is 1.43 bits per heavy atom. The number of nitro benzene ring substituents is 1. The van der Waals surface area contributed by atoms with Gasteiger partial charge in [0.15, 0.2) is 4.90 Å². The van der Waals surface area contributed by atoms with Crippen molar-refractivity contribution in [3.05, 3.63) is 28.3 Å². The van der Waals surface area contributed by atoms with E-state index in [2.05, 4.69) is 0 Å². The Labute approximate surface area is 133 Å². The van der Waals surface area contributed by atoms with Crippen molar-refractivity contribution in [1.82, 2.24) is 4.72 Å². The van der Waals surface area contributed by atoms with Crippen LogP contribution in [0, 0.1) is 16.0 Å². The lowest BCUT2D eigenvalue weighted by molar-refractivity contribution is -0.387. The summed E-state index contributed by atoms with van der Waals surface area (Å²) in [5.41, 5.74) is -0.689. The molecule has 1 atom stereocenters. The Bertz CT molecular complexity index is 700. The van der Waals surface area contributed by atoms with E-state index in [4.69, 9.17) is 9.84 Å². The molecular formula is C13H18N2O7S. The molecule has 23 heavy (non-hydrogen) atoms. The molecule has 1 aromatic carbocycles. The number of ether oxygens (including phenoxy) is 1. The number of benzene rings is 1. The smallest absolute Gasteiger partial charge is 0.321 e. The van der Waals surface area contributed by atoms with Crippen LogP contribution in [0.3, 0.4) is 0 Å². The molecule has 1 unspecified atom stereocenters. The summed E-state index contributed by atoms with van der Waals surface area (Å²) in [5, 5.41) is 20.2. The molecular weight excluding hydrogens is 328 g/mol. The van der Waals surface area contributed by atoms with Gasteiger partial charge >= 0.3 is 5.97 Å². The SMILES string of the molecule is COc1ccc(S(=O)(=O)NC(CC(C)C)C(=O)O)c([N+](=O)[O-])c1.